The Morgan fingerprint density at radius 1 is 1.16 bits per heavy atom. The van der Waals surface area contributed by atoms with E-state index in [9.17, 15) is 22.8 Å². The van der Waals surface area contributed by atoms with E-state index in [0.29, 0.717) is 6.07 Å². The fraction of sp³-hybridized carbons (Fsp3) is 0.467. The highest BCUT2D eigenvalue weighted by atomic mass is 19.2. The van der Waals surface area contributed by atoms with Gasteiger partial charge in [-0.3, -0.25) is 9.80 Å². The van der Waals surface area contributed by atoms with Crippen molar-refractivity contribution in [3.05, 3.63) is 35.1 Å². The highest BCUT2D eigenvalue weighted by Crippen LogP contribution is 2.16. The first-order valence-electron chi connectivity index (χ1n) is 7.68. The number of halogens is 3. The third-order valence-corrected chi connectivity index (χ3v) is 3.86. The van der Waals surface area contributed by atoms with Crippen LogP contribution in [0.1, 0.15) is 12.0 Å². The van der Waals surface area contributed by atoms with Crippen LogP contribution in [0.15, 0.2) is 12.1 Å². The summed E-state index contributed by atoms with van der Waals surface area (Å²) in [7, 11) is 0. The predicted octanol–water partition coefficient (Wildman–Crippen LogP) is 0.691. The number of benzene rings is 1. The normalized spacial score (nSPS) is 16.5. The van der Waals surface area contributed by atoms with Gasteiger partial charge in [0.2, 0.25) is 5.91 Å². The number of hydrogen-bond donors (Lipinski definition) is 3. The van der Waals surface area contributed by atoms with Crippen molar-refractivity contribution in [3.63, 3.8) is 0 Å². The second kappa shape index (κ2) is 8.17. The summed E-state index contributed by atoms with van der Waals surface area (Å²) in [4.78, 5) is 24.3. The van der Waals surface area contributed by atoms with Gasteiger partial charge in [0, 0.05) is 38.2 Å². The number of carbonyl (C=O) groups excluding carboxylic acids is 1. The maximum atomic E-state index is 13.6. The van der Waals surface area contributed by atoms with Gasteiger partial charge in [0.1, 0.15) is 5.82 Å². The lowest BCUT2D eigenvalue weighted by molar-refractivity contribution is -0.134. The number of nitrogens with zero attached hydrogens (tertiary/aromatic N) is 2. The van der Waals surface area contributed by atoms with Crippen LogP contribution in [0.4, 0.5) is 18.0 Å². The Hall–Kier alpha value is -2.33. The first kappa shape index (κ1) is 19.0. The Bertz CT molecular complexity index is 659. The number of carboxylic acid groups (broad SMARTS) is 1. The van der Waals surface area contributed by atoms with Gasteiger partial charge >= 0.3 is 6.09 Å². The van der Waals surface area contributed by atoms with Crippen LogP contribution >= 0.6 is 0 Å². The Labute approximate surface area is 142 Å². The van der Waals surface area contributed by atoms with Gasteiger partial charge in [0.15, 0.2) is 11.6 Å². The van der Waals surface area contributed by atoms with Crippen molar-refractivity contribution in [1.82, 2.24) is 15.3 Å². The summed E-state index contributed by atoms with van der Waals surface area (Å²) in [6, 6.07) is 0.368. The van der Waals surface area contributed by atoms with E-state index < -0.39 is 29.6 Å². The lowest BCUT2D eigenvalue weighted by Gasteiger charge is -2.22. The number of nitrogens with one attached hydrogen (secondary N) is 1. The maximum Gasteiger partial charge on any atom is 0.407 e. The zero-order valence-electron chi connectivity index (χ0n) is 13.3. The van der Waals surface area contributed by atoms with Crippen molar-refractivity contribution in [2.75, 3.05) is 26.2 Å². The molecule has 25 heavy (non-hydrogen) atoms. The maximum absolute atomic E-state index is 13.6. The van der Waals surface area contributed by atoms with Gasteiger partial charge in [0.05, 0.1) is 6.54 Å². The molecule has 1 aromatic carbocycles. The minimum Gasteiger partial charge on any atom is -0.465 e. The summed E-state index contributed by atoms with van der Waals surface area (Å²) < 4.78 is 39.7. The van der Waals surface area contributed by atoms with Gasteiger partial charge in [-0.25, -0.2) is 23.4 Å². The molecule has 1 aliphatic rings. The third kappa shape index (κ3) is 5.07. The zero-order valence-corrected chi connectivity index (χ0v) is 13.3. The minimum atomic E-state index is -1.29. The number of hydrazine groups is 1. The average molecular weight is 360 g/mol. The zero-order chi connectivity index (χ0) is 18.6. The second-order valence-corrected chi connectivity index (χ2v) is 5.75. The topological polar surface area (TPSA) is 98.9 Å². The van der Waals surface area contributed by atoms with Crippen LogP contribution < -0.4 is 11.2 Å². The Kier molecular flexibility index (Phi) is 6.21. The van der Waals surface area contributed by atoms with E-state index in [0.717, 1.165) is 6.07 Å². The lowest BCUT2D eigenvalue weighted by Crippen LogP contribution is -2.46. The molecule has 0 aliphatic carbocycles. The smallest absolute Gasteiger partial charge is 0.407 e. The molecule has 7 nitrogen and oxygen atoms in total. The SMILES string of the molecule is N[C@@H](CC(=O)N1CCN(C(=O)O)CCN1)Cc1cc(F)c(F)cc1F. The van der Waals surface area contributed by atoms with Crippen molar-refractivity contribution in [3.8, 4) is 0 Å². The first-order valence-corrected chi connectivity index (χ1v) is 7.68. The number of hydrogen-bond acceptors (Lipinski definition) is 4. The summed E-state index contributed by atoms with van der Waals surface area (Å²) >= 11 is 0. The Morgan fingerprint density at radius 2 is 1.84 bits per heavy atom. The quantitative estimate of drug-likeness (QED) is 0.686. The molecule has 4 N–H and O–H groups in total. The molecule has 1 aliphatic heterocycles. The van der Waals surface area contributed by atoms with E-state index in [2.05, 4.69) is 5.43 Å². The van der Waals surface area contributed by atoms with Gasteiger partial charge in [-0.15, -0.1) is 0 Å². The van der Waals surface area contributed by atoms with Crippen molar-refractivity contribution < 1.29 is 27.9 Å². The van der Waals surface area contributed by atoms with Crippen molar-refractivity contribution in [2.45, 2.75) is 18.9 Å². The average Bonchev–Trinajstić information content (AvgIpc) is 2.78. The molecule has 0 unspecified atom stereocenters. The van der Waals surface area contributed by atoms with Crippen LogP contribution in [0.3, 0.4) is 0 Å². The third-order valence-electron chi connectivity index (χ3n) is 3.86. The van der Waals surface area contributed by atoms with Gasteiger partial charge in [-0.2, -0.15) is 0 Å². The molecule has 0 bridgehead atoms. The van der Waals surface area contributed by atoms with Gasteiger partial charge in [-0.05, 0) is 18.1 Å². The second-order valence-electron chi connectivity index (χ2n) is 5.75. The highest BCUT2D eigenvalue weighted by Gasteiger charge is 2.23. The molecule has 0 saturated carbocycles. The molecule has 0 spiro atoms. The molecule has 0 radical (unpaired) electrons. The Morgan fingerprint density at radius 3 is 2.52 bits per heavy atom. The van der Waals surface area contributed by atoms with E-state index in [4.69, 9.17) is 10.8 Å². The molecular formula is C15H19F3N4O3. The standard InChI is InChI=1S/C15H19F3N4O3/c16-11-8-13(18)12(17)6-9(11)5-10(19)7-14(23)22-4-3-21(15(24)25)2-1-20-22/h6,8,10,20H,1-5,7,19H2,(H,24,25)/t10-/m1/s1. The lowest BCUT2D eigenvalue weighted by atomic mass is 10.0. The monoisotopic (exact) mass is 360 g/mol. The van der Waals surface area contributed by atoms with Crippen LogP contribution in [-0.2, 0) is 11.2 Å². The van der Waals surface area contributed by atoms with Crippen LogP contribution in [-0.4, -0.2) is 59.2 Å². The highest BCUT2D eigenvalue weighted by molar-refractivity contribution is 5.76. The summed E-state index contributed by atoms with van der Waals surface area (Å²) in [6.07, 6.45) is -1.36. The molecule has 0 aromatic heterocycles. The number of amides is 2. The van der Waals surface area contributed by atoms with Gasteiger partial charge in [0.25, 0.3) is 0 Å². The molecule has 138 valence electrons. The number of carbonyl (C=O) groups is 2. The summed E-state index contributed by atoms with van der Waals surface area (Å²) in [5.41, 5.74) is 8.51. The van der Waals surface area contributed by atoms with Crippen molar-refractivity contribution >= 4 is 12.0 Å². The van der Waals surface area contributed by atoms with Gasteiger partial charge in [-0.1, -0.05) is 0 Å². The Balaban J connectivity index is 1.92. The molecule has 1 heterocycles. The van der Waals surface area contributed by atoms with Crippen molar-refractivity contribution in [1.29, 1.82) is 0 Å². The molecule has 2 rings (SSSR count). The summed E-state index contributed by atoms with van der Waals surface area (Å²) in [5, 5.41) is 10.2. The van der Waals surface area contributed by atoms with Crippen LogP contribution in [0.2, 0.25) is 0 Å². The molecule has 10 heteroatoms. The van der Waals surface area contributed by atoms with E-state index in [1.54, 1.807) is 0 Å². The van der Waals surface area contributed by atoms with Crippen LogP contribution in [0.5, 0.6) is 0 Å². The first-order chi connectivity index (χ1) is 11.8. The van der Waals surface area contributed by atoms with Gasteiger partial charge < -0.3 is 15.7 Å². The number of rotatable bonds is 4. The minimum absolute atomic E-state index is 0.111. The van der Waals surface area contributed by atoms with E-state index in [-0.39, 0.29) is 50.5 Å². The molecule has 2 amide bonds. The van der Waals surface area contributed by atoms with E-state index >= 15 is 0 Å². The van der Waals surface area contributed by atoms with Crippen molar-refractivity contribution in [2.24, 2.45) is 5.73 Å². The molecule has 1 fully saturated rings. The fourth-order valence-corrected chi connectivity index (χ4v) is 2.54. The summed E-state index contributed by atoms with van der Waals surface area (Å²) in [5.74, 6) is -3.78. The summed E-state index contributed by atoms with van der Waals surface area (Å²) in [6.45, 7) is 0.814. The van der Waals surface area contributed by atoms with E-state index in [1.165, 1.54) is 9.91 Å². The molecule has 1 atom stereocenters. The van der Waals surface area contributed by atoms with Crippen LogP contribution in [0.25, 0.3) is 0 Å². The predicted molar refractivity (Wildman–Crippen MR) is 81.9 cm³/mol. The molecule has 1 saturated heterocycles. The van der Waals surface area contributed by atoms with Crippen LogP contribution in [0, 0.1) is 17.5 Å². The fourth-order valence-electron chi connectivity index (χ4n) is 2.54. The molecule has 1 aromatic rings. The molecular weight excluding hydrogens is 341 g/mol. The largest absolute Gasteiger partial charge is 0.465 e. The number of nitrogens with two attached hydrogens (primary N) is 1. The van der Waals surface area contributed by atoms with E-state index in [1.807, 2.05) is 0 Å².